The van der Waals surface area contributed by atoms with Gasteiger partial charge in [0.25, 0.3) is 5.91 Å². The molecule has 0 aromatic heterocycles. The zero-order valence-corrected chi connectivity index (χ0v) is 28.6. The minimum atomic E-state index is -0.909. The van der Waals surface area contributed by atoms with E-state index in [2.05, 4.69) is 5.32 Å². The van der Waals surface area contributed by atoms with Crippen LogP contribution in [-0.2, 0) is 23.9 Å². The topological polar surface area (TPSA) is 167 Å². The van der Waals surface area contributed by atoms with Crippen molar-refractivity contribution in [2.24, 2.45) is 11.7 Å². The number of esters is 2. The molecule has 0 bridgehead atoms. The van der Waals surface area contributed by atoms with Gasteiger partial charge in [0.2, 0.25) is 12.7 Å². The average Bonchev–Trinajstić information content (AvgIpc) is 3.62. The Kier molecular flexibility index (Phi) is 11.7. The molecular formula is C37H40FN3O9S. The van der Waals surface area contributed by atoms with Gasteiger partial charge in [-0.1, -0.05) is 50.3 Å². The molecule has 3 aromatic rings. The van der Waals surface area contributed by atoms with Gasteiger partial charge in [0.15, 0.2) is 18.1 Å². The number of nitrogens with two attached hydrogens (primary N) is 1. The van der Waals surface area contributed by atoms with E-state index in [1.807, 2.05) is 0 Å². The summed E-state index contributed by atoms with van der Waals surface area (Å²) < 4.78 is 34.9. The lowest BCUT2D eigenvalue weighted by Gasteiger charge is -2.47. The number of benzene rings is 3. The number of fused-ring (bicyclic) bond motifs is 1. The van der Waals surface area contributed by atoms with Crippen LogP contribution in [0.15, 0.2) is 66.7 Å². The van der Waals surface area contributed by atoms with Crippen molar-refractivity contribution in [3.63, 3.8) is 0 Å². The average molecular weight is 722 g/mol. The number of aliphatic hydroxyl groups is 1. The number of amides is 2. The number of hydrogen-bond donors (Lipinski definition) is 3. The van der Waals surface area contributed by atoms with Crippen molar-refractivity contribution in [1.82, 2.24) is 5.32 Å². The van der Waals surface area contributed by atoms with Gasteiger partial charge in [0.1, 0.15) is 29.4 Å². The molecular weight excluding hydrogens is 681 g/mol. The fourth-order valence-electron chi connectivity index (χ4n) is 6.48. The number of thioether (sulfide) groups is 1. The summed E-state index contributed by atoms with van der Waals surface area (Å²) in [5.74, 6) is -0.818. The molecule has 12 nitrogen and oxygen atoms in total. The minimum Gasteiger partial charge on any atom is -0.484 e. The maximum absolute atomic E-state index is 13.7. The van der Waals surface area contributed by atoms with E-state index in [-0.39, 0.29) is 18.5 Å². The Bertz CT molecular complexity index is 1720. The third-order valence-corrected chi connectivity index (χ3v) is 10.5. The van der Waals surface area contributed by atoms with Crippen molar-refractivity contribution in [1.29, 1.82) is 0 Å². The summed E-state index contributed by atoms with van der Waals surface area (Å²) in [5, 5.41) is 12.8. The monoisotopic (exact) mass is 721 g/mol. The van der Waals surface area contributed by atoms with Gasteiger partial charge in [0, 0.05) is 11.4 Å². The number of aliphatic hydroxyl groups excluding tert-OH is 1. The van der Waals surface area contributed by atoms with E-state index >= 15 is 0 Å². The van der Waals surface area contributed by atoms with Crippen molar-refractivity contribution in [3.05, 3.63) is 83.7 Å². The van der Waals surface area contributed by atoms with E-state index in [4.69, 9.17) is 24.7 Å². The molecule has 2 heterocycles. The molecule has 2 fully saturated rings. The molecule has 6 rings (SSSR count). The lowest BCUT2D eigenvalue weighted by atomic mass is 9.85. The smallest absolute Gasteiger partial charge is 0.333 e. The summed E-state index contributed by atoms with van der Waals surface area (Å²) >= 11 is 1.31. The van der Waals surface area contributed by atoms with Gasteiger partial charge in [-0.2, -0.15) is 0 Å². The molecule has 1 saturated carbocycles. The van der Waals surface area contributed by atoms with E-state index in [1.54, 1.807) is 47.4 Å². The Morgan fingerprint density at radius 2 is 1.73 bits per heavy atom. The fourth-order valence-corrected chi connectivity index (χ4v) is 7.78. The molecule has 4 N–H and O–H groups in total. The molecule has 1 unspecified atom stereocenters. The predicted octanol–water partition coefficient (Wildman–Crippen LogP) is 4.34. The molecule has 51 heavy (non-hydrogen) atoms. The summed E-state index contributed by atoms with van der Waals surface area (Å²) in [7, 11) is 0. The molecule has 1 aliphatic carbocycles. The summed E-state index contributed by atoms with van der Waals surface area (Å²) in [6.45, 7) is -0.796. The van der Waals surface area contributed by atoms with Crippen LogP contribution < -0.4 is 30.2 Å². The van der Waals surface area contributed by atoms with Gasteiger partial charge in [-0.15, -0.1) is 11.8 Å². The second-order valence-electron chi connectivity index (χ2n) is 12.8. The van der Waals surface area contributed by atoms with Crippen LogP contribution in [0.3, 0.4) is 0 Å². The molecule has 270 valence electrons. The number of anilines is 1. The van der Waals surface area contributed by atoms with Gasteiger partial charge < -0.3 is 40.0 Å². The van der Waals surface area contributed by atoms with Crippen LogP contribution in [0.1, 0.15) is 61.8 Å². The van der Waals surface area contributed by atoms with Crippen LogP contribution in [0.5, 0.6) is 17.2 Å². The highest BCUT2D eigenvalue weighted by Crippen LogP contribution is 2.46. The van der Waals surface area contributed by atoms with Crippen molar-refractivity contribution in [2.75, 3.05) is 30.6 Å². The molecule has 0 spiro atoms. The number of β-lactam (4-membered cyclic amide) rings is 1. The first-order valence-electron chi connectivity index (χ1n) is 16.9. The molecule has 3 aliphatic rings. The quantitative estimate of drug-likeness (QED) is 0.123. The zero-order valence-electron chi connectivity index (χ0n) is 27.8. The van der Waals surface area contributed by atoms with E-state index in [1.165, 1.54) is 42.4 Å². The second-order valence-corrected chi connectivity index (χ2v) is 14.0. The molecule has 4 atom stereocenters. The molecule has 1 saturated heterocycles. The number of carbonyl (C=O) groups is 4. The Morgan fingerprint density at radius 1 is 1.00 bits per heavy atom. The molecule has 0 radical (unpaired) electrons. The predicted molar refractivity (Wildman–Crippen MR) is 186 cm³/mol. The van der Waals surface area contributed by atoms with Crippen LogP contribution in [0.2, 0.25) is 0 Å². The Hall–Kier alpha value is -4.66. The summed E-state index contributed by atoms with van der Waals surface area (Å²) in [4.78, 5) is 51.7. The first kappa shape index (κ1) is 36.1. The number of hydrogen-bond acceptors (Lipinski definition) is 11. The highest BCUT2D eigenvalue weighted by Gasteiger charge is 2.49. The van der Waals surface area contributed by atoms with Gasteiger partial charge >= 0.3 is 11.9 Å². The Balaban J connectivity index is 1.01. The number of rotatable bonds is 14. The first-order chi connectivity index (χ1) is 24.7. The van der Waals surface area contributed by atoms with Crippen LogP contribution in [0.25, 0.3) is 0 Å². The minimum absolute atomic E-state index is 0.119. The first-order valence-corrected chi connectivity index (χ1v) is 18.0. The standard InChI is InChI=1S/C37H40FN3O9S/c38-25-9-11-26(12-10-25)41-34(35(36(41)45)51-20-29(42)24-8-15-30-31(17-24)49-21-48-30)23-6-13-27(14-7-23)47-19-32(43)40-18-33(44)50-37(46)28(39)16-22-4-2-1-3-5-22/h6-15,17,22,28-29,34-35,42H,1-5,16,18-21,39H2,(H,40,43)/t28-,29?,34-,35+/m1/s1. The number of halogens is 1. The third-order valence-electron chi connectivity index (χ3n) is 9.22. The van der Waals surface area contributed by atoms with Gasteiger partial charge in [-0.3, -0.25) is 9.59 Å². The van der Waals surface area contributed by atoms with E-state index in [0.29, 0.717) is 40.8 Å². The molecule has 2 aliphatic heterocycles. The highest BCUT2D eigenvalue weighted by atomic mass is 32.2. The summed E-state index contributed by atoms with van der Waals surface area (Å²) in [6, 6.07) is 16.4. The van der Waals surface area contributed by atoms with Crippen LogP contribution in [-0.4, -0.2) is 65.8 Å². The number of nitrogens with zero attached hydrogens (tertiary/aromatic N) is 1. The highest BCUT2D eigenvalue weighted by molar-refractivity contribution is 8.00. The summed E-state index contributed by atoms with van der Waals surface area (Å²) in [5.41, 5.74) is 7.87. The maximum atomic E-state index is 13.7. The van der Waals surface area contributed by atoms with Gasteiger partial charge in [-0.25, -0.2) is 14.0 Å². The normalized spacial score (nSPS) is 19.5. The molecule has 14 heteroatoms. The van der Waals surface area contributed by atoms with Crippen molar-refractivity contribution in [3.8, 4) is 17.2 Å². The van der Waals surface area contributed by atoms with E-state index in [0.717, 1.165) is 31.2 Å². The number of nitrogens with one attached hydrogen (secondary N) is 1. The largest absolute Gasteiger partial charge is 0.484 e. The maximum Gasteiger partial charge on any atom is 0.333 e. The van der Waals surface area contributed by atoms with Gasteiger partial charge in [0.05, 0.1) is 12.1 Å². The Labute approximate surface area is 298 Å². The van der Waals surface area contributed by atoms with Crippen LogP contribution >= 0.6 is 11.8 Å². The van der Waals surface area contributed by atoms with Crippen molar-refractivity contribution >= 4 is 41.2 Å². The third kappa shape index (κ3) is 8.99. The zero-order chi connectivity index (χ0) is 35.9. The second kappa shape index (κ2) is 16.6. The fraction of sp³-hybridized carbons (Fsp3) is 0.405. The van der Waals surface area contributed by atoms with Crippen LogP contribution in [0.4, 0.5) is 10.1 Å². The molecule has 3 aromatic carbocycles. The number of carbonyl (C=O) groups excluding carboxylic acids is 4. The number of ether oxygens (including phenoxy) is 4. The summed E-state index contributed by atoms with van der Waals surface area (Å²) in [6.07, 6.45) is 5.02. The van der Waals surface area contributed by atoms with Gasteiger partial charge in [-0.05, 0) is 72.0 Å². The van der Waals surface area contributed by atoms with Crippen molar-refractivity contribution < 1.29 is 47.6 Å². The van der Waals surface area contributed by atoms with Crippen molar-refractivity contribution in [2.45, 2.75) is 62.0 Å². The molecule has 2 amide bonds. The van der Waals surface area contributed by atoms with E-state index in [9.17, 15) is 28.7 Å². The lowest BCUT2D eigenvalue weighted by molar-refractivity contribution is -0.160. The van der Waals surface area contributed by atoms with E-state index < -0.39 is 60.3 Å². The Morgan fingerprint density at radius 3 is 2.47 bits per heavy atom. The lowest BCUT2D eigenvalue weighted by Crippen LogP contribution is -2.57. The van der Waals surface area contributed by atoms with Crippen LogP contribution in [0, 0.1) is 11.7 Å². The SMILES string of the molecule is N[C@H](CC1CCCCC1)C(=O)OC(=O)CNC(=O)COc1ccc([C@@H]2[C@H](SCC(O)c3ccc4c(c3)OCO4)C(=O)N2c2ccc(F)cc2)cc1.